The minimum atomic E-state index is 0.172. The smallest absolute Gasteiger partial charge is 0.0500 e. The molecule has 1 aliphatic carbocycles. The van der Waals surface area contributed by atoms with Crippen LogP contribution in [0.25, 0.3) is 0 Å². The molecule has 0 aliphatic heterocycles. The maximum atomic E-state index is 3.75. The van der Waals surface area contributed by atoms with E-state index >= 15 is 0 Å². The lowest BCUT2D eigenvalue weighted by molar-refractivity contribution is 0.577. The highest BCUT2D eigenvalue weighted by atomic mass is 79.9. The summed E-state index contributed by atoms with van der Waals surface area (Å²) >= 11 is 3.75. The first-order valence-electron chi connectivity index (χ1n) is 4.01. The zero-order valence-corrected chi connectivity index (χ0v) is 9.20. The van der Waals surface area contributed by atoms with E-state index < -0.39 is 0 Å². The van der Waals surface area contributed by atoms with E-state index in [1.54, 1.807) is 0 Å². The van der Waals surface area contributed by atoms with Crippen LogP contribution >= 0.6 is 15.9 Å². The van der Waals surface area contributed by atoms with Crippen molar-refractivity contribution in [1.82, 2.24) is 0 Å². The van der Waals surface area contributed by atoms with Crippen LogP contribution in [0.5, 0.6) is 0 Å². The van der Waals surface area contributed by atoms with Crippen molar-refractivity contribution in [2.45, 2.75) is 32.0 Å². The van der Waals surface area contributed by atoms with E-state index in [1.807, 2.05) is 0 Å². The number of rotatable bonds is 0. The van der Waals surface area contributed by atoms with Crippen molar-refractivity contribution in [2.24, 2.45) is 5.92 Å². The Labute approximate surface area is 77.5 Å². The van der Waals surface area contributed by atoms with Crippen molar-refractivity contribution in [3.63, 3.8) is 0 Å². The summed E-state index contributed by atoms with van der Waals surface area (Å²) in [6.45, 7) is 8.84. The third-order valence-electron chi connectivity index (χ3n) is 2.81. The molecule has 62 valence electrons. The van der Waals surface area contributed by atoms with E-state index in [-0.39, 0.29) is 4.32 Å². The molecule has 2 atom stereocenters. The Morgan fingerprint density at radius 1 is 1.45 bits per heavy atom. The molecule has 1 rings (SSSR count). The number of allylic oxidation sites excluding steroid dienone is 4. The van der Waals surface area contributed by atoms with Crippen molar-refractivity contribution < 1.29 is 0 Å². The molecule has 0 radical (unpaired) electrons. The van der Waals surface area contributed by atoms with Crippen molar-refractivity contribution in [1.29, 1.82) is 0 Å². The standard InChI is InChI=1S/C10H15Br/c1-7-5-6-8(2)10(4,11)9(7)3/h5-6,8H,1-4H3. The van der Waals surface area contributed by atoms with E-state index in [0.717, 1.165) is 0 Å². The monoisotopic (exact) mass is 214 g/mol. The Balaban J connectivity index is 3.07. The van der Waals surface area contributed by atoms with Crippen LogP contribution in [0.1, 0.15) is 27.7 Å². The van der Waals surface area contributed by atoms with Gasteiger partial charge in [-0.1, -0.05) is 46.2 Å². The molecular formula is C10H15Br. The molecule has 0 saturated heterocycles. The van der Waals surface area contributed by atoms with Crippen LogP contribution in [-0.2, 0) is 0 Å². The molecule has 0 bridgehead atoms. The molecule has 0 N–H and O–H groups in total. The molecule has 0 saturated carbocycles. The fourth-order valence-corrected chi connectivity index (χ4v) is 1.79. The lowest BCUT2D eigenvalue weighted by Gasteiger charge is -2.33. The highest BCUT2D eigenvalue weighted by molar-refractivity contribution is 9.10. The van der Waals surface area contributed by atoms with Crippen LogP contribution in [0.3, 0.4) is 0 Å². The van der Waals surface area contributed by atoms with Gasteiger partial charge in [0.1, 0.15) is 0 Å². The third-order valence-corrected chi connectivity index (χ3v) is 4.13. The molecule has 0 aromatic heterocycles. The van der Waals surface area contributed by atoms with Crippen molar-refractivity contribution in [2.75, 3.05) is 0 Å². The molecule has 11 heavy (non-hydrogen) atoms. The molecule has 0 nitrogen and oxygen atoms in total. The number of alkyl halides is 1. The second-order valence-corrected chi connectivity index (χ2v) is 5.18. The fourth-order valence-electron chi connectivity index (χ4n) is 1.32. The van der Waals surface area contributed by atoms with Crippen LogP contribution in [0.4, 0.5) is 0 Å². The van der Waals surface area contributed by atoms with Gasteiger partial charge in [-0.25, -0.2) is 0 Å². The van der Waals surface area contributed by atoms with Gasteiger partial charge in [-0.15, -0.1) is 0 Å². The topological polar surface area (TPSA) is 0 Å². The zero-order chi connectivity index (χ0) is 8.65. The number of hydrogen-bond acceptors (Lipinski definition) is 0. The van der Waals surface area contributed by atoms with Crippen LogP contribution in [0, 0.1) is 5.92 Å². The summed E-state index contributed by atoms with van der Waals surface area (Å²) in [7, 11) is 0. The normalized spacial score (nSPS) is 38.1. The second kappa shape index (κ2) is 2.78. The van der Waals surface area contributed by atoms with Gasteiger partial charge in [0.25, 0.3) is 0 Å². The molecule has 1 aliphatic rings. The van der Waals surface area contributed by atoms with Crippen LogP contribution < -0.4 is 0 Å². The summed E-state index contributed by atoms with van der Waals surface area (Å²) in [5.41, 5.74) is 2.84. The van der Waals surface area contributed by atoms with E-state index in [4.69, 9.17) is 0 Å². The van der Waals surface area contributed by atoms with Gasteiger partial charge >= 0.3 is 0 Å². The third kappa shape index (κ3) is 1.44. The van der Waals surface area contributed by atoms with Crippen molar-refractivity contribution in [3.8, 4) is 0 Å². The van der Waals surface area contributed by atoms with Gasteiger partial charge in [0.05, 0.1) is 4.32 Å². The first-order chi connectivity index (χ1) is 4.96. The summed E-state index contributed by atoms with van der Waals surface area (Å²) in [5, 5.41) is 0. The van der Waals surface area contributed by atoms with Gasteiger partial charge in [0, 0.05) is 0 Å². The minimum Gasteiger partial charge on any atom is -0.0801 e. The largest absolute Gasteiger partial charge is 0.0801 e. The average Bonchev–Trinajstić information content (AvgIpc) is 1.95. The predicted molar refractivity (Wildman–Crippen MR) is 54.0 cm³/mol. The maximum Gasteiger partial charge on any atom is 0.0500 e. The minimum absolute atomic E-state index is 0.172. The van der Waals surface area contributed by atoms with Gasteiger partial charge in [-0.2, -0.15) is 0 Å². The SMILES string of the molecule is CC1=C(C)C(C)(Br)C(C)C=C1. The fraction of sp³-hybridized carbons (Fsp3) is 0.600. The quantitative estimate of drug-likeness (QED) is 0.540. The highest BCUT2D eigenvalue weighted by Crippen LogP contribution is 2.40. The molecule has 0 fully saturated rings. The average molecular weight is 215 g/mol. The van der Waals surface area contributed by atoms with Crippen molar-refractivity contribution in [3.05, 3.63) is 23.3 Å². The Bertz CT molecular complexity index is 221. The number of halogens is 1. The molecule has 0 amide bonds. The summed E-state index contributed by atoms with van der Waals surface area (Å²) in [4.78, 5) is 0. The van der Waals surface area contributed by atoms with Gasteiger partial charge in [0.2, 0.25) is 0 Å². The highest BCUT2D eigenvalue weighted by Gasteiger charge is 2.31. The Hall–Kier alpha value is -0.0400. The summed E-state index contributed by atoms with van der Waals surface area (Å²) in [6.07, 6.45) is 4.47. The predicted octanol–water partition coefficient (Wildman–Crippen LogP) is 3.68. The molecule has 0 spiro atoms. The molecule has 0 heterocycles. The van der Waals surface area contributed by atoms with Crippen molar-refractivity contribution >= 4 is 15.9 Å². The lowest BCUT2D eigenvalue weighted by Crippen LogP contribution is -2.28. The van der Waals surface area contributed by atoms with Crippen LogP contribution in [-0.4, -0.2) is 4.32 Å². The first-order valence-corrected chi connectivity index (χ1v) is 4.80. The molecule has 0 aromatic rings. The van der Waals surface area contributed by atoms with Crippen LogP contribution in [0.2, 0.25) is 0 Å². The van der Waals surface area contributed by atoms with Crippen LogP contribution in [0.15, 0.2) is 23.3 Å². The Morgan fingerprint density at radius 2 is 2.00 bits per heavy atom. The molecule has 2 unspecified atom stereocenters. The summed E-state index contributed by atoms with van der Waals surface area (Å²) in [6, 6.07) is 0. The van der Waals surface area contributed by atoms with E-state index in [9.17, 15) is 0 Å². The summed E-state index contributed by atoms with van der Waals surface area (Å²) < 4.78 is 0.172. The Kier molecular flexibility index (Phi) is 2.29. The summed E-state index contributed by atoms with van der Waals surface area (Å²) in [5.74, 6) is 0.589. The van der Waals surface area contributed by atoms with Gasteiger partial charge < -0.3 is 0 Å². The first kappa shape index (κ1) is 9.05. The second-order valence-electron chi connectivity index (χ2n) is 3.53. The molecule has 0 aromatic carbocycles. The van der Waals surface area contributed by atoms with E-state index in [0.29, 0.717) is 5.92 Å². The Morgan fingerprint density at radius 3 is 2.45 bits per heavy atom. The molecular weight excluding hydrogens is 200 g/mol. The maximum absolute atomic E-state index is 3.75. The number of hydrogen-bond donors (Lipinski definition) is 0. The van der Waals surface area contributed by atoms with Gasteiger partial charge in [-0.05, 0) is 26.7 Å². The lowest BCUT2D eigenvalue weighted by atomic mass is 9.82. The van der Waals surface area contributed by atoms with E-state index in [1.165, 1.54) is 11.1 Å². The molecule has 1 heteroatoms. The van der Waals surface area contributed by atoms with E-state index in [2.05, 4.69) is 55.8 Å². The van der Waals surface area contributed by atoms with Gasteiger partial charge in [0.15, 0.2) is 0 Å². The zero-order valence-electron chi connectivity index (χ0n) is 7.61. The van der Waals surface area contributed by atoms with Gasteiger partial charge in [-0.3, -0.25) is 0 Å².